The molecular weight excluding hydrogens is 582 g/mol. The normalized spacial score (nSPS) is 13.3. The smallest absolute Gasteiger partial charge is 0.872 e. The molecule has 0 unspecified atom stereocenters. The van der Waals surface area contributed by atoms with Gasteiger partial charge in [0.2, 0.25) is 0 Å². The summed E-state index contributed by atoms with van der Waals surface area (Å²) in [7, 11) is 2.11. The summed E-state index contributed by atoms with van der Waals surface area (Å²) in [5, 5.41) is 26.3. The molecule has 0 heterocycles. The molecule has 2 aromatic rings. The van der Waals surface area contributed by atoms with Gasteiger partial charge in [-0.3, -0.25) is 9.98 Å². The van der Waals surface area contributed by atoms with Crippen LogP contribution in [-0.2, 0) is 38.7 Å². The van der Waals surface area contributed by atoms with E-state index in [2.05, 4.69) is 117 Å². The van der Waals surface area contributed by atoms with Crippen molar-refractivity contribution in [2.24, 2.45) is 9.98 Å². The third-order valence-corrected chi connectivity index (χ3v) is 7.70. The van der Waals surface area contributed by atoms with Crippen LogP contribution in [-0.4, -0.2) is 50.6 Å². The van der Waals surface area contributed by atoms with Gasteiger partial charge in [-0.2, -0.15) is 0 Å². The molecule has 0 bridgehead atoms. The molecule has 0 aromatic heterocycles. The van der Waals surface area contributed by atoms with Gasteiger partial charge in [0.05, 0.1) is 0 Å². The molecule has 1 radical (unpaired) electrons. The van der Waals surface area contributed by atoms with E-state index in [0.29, 0.717) is 24.2 Å². The van der Waals surface area contributed by atoms with Gasteiger partial charge in [0.25, 0.3) is 0 Å². The zero-order valence-electron chi connectivity index (χ0n) is 29.2. The number of aliphatic imine (C=N–C) groups is 2. The van der Waals surface area contributed by atoms with Gasteiger partial charge in [-0.05, 0) is 88.0 Å². The number of benzene rings is 2. The second-order valence-corrected chi connectivity index (χ2v) is 16.0. The Labute approximate surface area is 273 Å². The van der Waals surface area contributed by atoms with Crippen molar-refractivity contribution in [2.45, 2.75) is 118 Å². The van der Waals surface area contributed by atoms with E-state index in [1.165, 1.54) is 11.1 Å². The maximum Gasteiger partial charge on any atom is 2.00 e. The maximum absolute atomic E-state index is 13.1. The average molecular weight is 639 g/mol. The summed E-state index contributed by atoms with van der Waals surface area (Å²) in [4.78, 5) is 11.5. The van der Waals surface area contributed by atoms with Crippen LogP contribution in [0.5, 0.6) is 11.5 Å². The van der Waals surface area contributed by atoms with E-state index < -0.39 is 0 Å². The standard InChI is InChI=1S/C37H59N3O2.Cu/c1-34(2,3)28-20-26(32(41)30(22-28)36(7,8)9)24-38-16-14-18-40(13)19-15-17-39-25-27-21-29(35(4,5)6)23-31(33(27)42)37(10,11)12;/h20-25,41-42H,14-19H2,1-13H3;/q;+2/p-2. The van der Waals surface area contributed by atoms with Gasteiger partial charge >= 0.3 is 17.1 Å². The SMILES string of the molecule is CN(CCCN=Cc1cc(C(C)(C)C)cc(C(C)(C)C)c1[O-])CCCN=Cc1cc(C(C)(C)C)cc(C(C)(C)C)c1[O-].[Cu+2]. The minimum atomic E-state index is -0.212. The fraction of sp³-hybridized carbons (Fsp3) is 0.622. The minimum absolute atomic E-state index is 0. The van der Waals surface area contributed by atoms with Crippen LogP contribution < -0.4 is 10.2 Å². The van der Waals surface area contributed by atoms with Gasteiger partial charge in [-0.15, -0.1) is 0 Å². The van der Waals surface area contributed by atoms with Gasteiger partial charge in [0.1, 0.15) is 0 Å². The third-order valence-electron chi connectivity index (χ3n) is 7.70. The Balaban J connectivity index is 0.00000924. The van der Waals surface area contributed by atoms with E-state index in [1.807, 2.05) is 12.1 Å². The summed E-state index contributed by atoms with van der Waals surface area (Å²) < 4.78 is 0. The van der Waals surface area contributed by atoms with E-state index in [0.717, 1.165) is 37.1 Å². The Morgan fingerprint density at radius 2 is 0.907 bits per heavy atom. The van der Waals surface area contributed by atoms with E-state index >= 15 is 0 Å². The fourth-order valence-electron chi connectivity index (χ4n) is 4.78. The number of rotatable bonds is 10. The van der Waals surface area contributed by atoms with Crippen LogP contribution >= 0.6 is 0 Å². The Bertz CT molecular complexity index is 1160. The van der Waals surface area contributed by atoms with Gasteiger partial charge in [0, 0.05) is 25.5 Å². The summed E-state index contributed by atoms with van der Waals surface area (Å²) in [6.45, 7) is 28.8. The van der Waals surface area contributed by atoms with Crippen LogP contribution in [0.3, 0.4) is 0 Å². The summed E-state index contributed by atoms with van der Waals surface area (Å²) in [5.41, 5.74) is 4.90. The molecule has 0 saturated heterocycles. The maximum atomic E-state index is 13.1. The van der Waals surface area contributed by atoms with Crippen molar-refractivity contribution in [1.82, 2.24) is 4.90 Å². The van der Waals surface area contributed by atoms with Gasteiger partial charge < -0.3 is 15.1 Å². The molecule has 2 aromatic carbocycles. The molecule has 0 N–H and O–H groups in total. The first kappa shape index (κ1) is 38.9. The monoisotopic (exact) mass is 638 g/mol. The topological polar surface area (TPSA) is 74.1 Å². The van der Waals surface area contributed by atoms with Gasteiger partial charge in [-0.25, -0.2) is 0 Å². The molecule has 5 nitrogen and oxygen atoms in total. The van der Waals surface area contributed by atoms with Gasteiger partial charge in [0.15, 0.2) is 0 Å². The fourth-order valence-corrected chi connectivity index (χ4v) is 4.78. The zero-order valence-corrected chi connectivity index (χ0v) is 30.1. The van der Waals surface area contributed by atoms with Crippen LogP contribution in [0.2, 0.25) is 0 Å². The molecule has 243 valence electrons. The predicted molar refractivity (Wildman–Crippen MR) is 178 cm³/mol. The zero-order chi connectivity index (χ0) is 32.1. The largest absolute Gasteiger partial charge is 2.00 e. The molecule has 0 amide bonds. The van der Waals surface area contributed by atoms with Crippen molar-refractivity contribution in [3.05, 3.63) is 57.6 Å². The minimum Gasteiger partial charge on any atom is -0.872 e. The average Bonchev–Trinajstić information content (AvgIpc) is 2.82. The van der Waals surface area contributed by atoms with Crippen molar-refractivity contribution < 1.29 is 27.3 Å². The number of nitrogens with zero attached hydrogens (tertiary/aromatic N) is 3. The summed E-state index contributed by atoms with van der Waals surface area (Å²) in [5.74, 6) is 0.168. The molecule has 0 atom stereocenters. The molecule has 2 rings (SSSR count). The third kappa shape index (κ3) is 11.7. The van der Waals surface area contributed by atoms with E-state index in [4.69, 9.17) is 0 Å². The van der Waals surface area contributed by atoms with Crippen molar-refractivity contribution in [3.63, 3.8) is 0 Å². The van der Waals surface area contributed by atoms with Crippen molar-refractivity contribution >= 4 is 12.4 Å². The molecule has 0 aliphatic carbocycles. The van der Waals surface area contributed by atoms with Crippen molar-refractivity contribution in [3.8, 4) is 11.5 Å². The molecule has 0 fully saturated rings. The summed E-state index contributed by atoms with van der Waals surface area (Å²) in [6.07, 6.45) is 5.38. The second-order valence-electron chi connectivity index (χ2n) is 16.0. The van der Waals surface area contributed by atoms with Gasteiger partial charge in [-0.1, -0.05) is 119 Å². The first-order valence-electron chi connectivity index (χ1n) is 15.5. The van der Waals surface area contributed by atoms with Crippen LogP contribution in [0.1, 0.15) is 129 Å². The first-order valence-corrected chi connectivity index (χ1v) is 15.5. The van der Waals surface area contributed by atoms with E-state index in [9.17, 15) is 10.2 Å². The van der Waals surface area contributed by atoms with E-state index in [1.54, 1.807) is 12.4 Å². The van der Waals surface area contributed by atoms with Crippen molar-refractivity contribution in [2.75, 3.05) is 33.2 Å². The molecule has 0 aliphatic rings. The van der Waals surface area contributed by atoms with Crippen LogP contribution in [0.15, 0.2) is 34.3 Å². The quantitative estimate of drug-likeness (QED) is 0.156. The van der Waals surface area contributed by atoms with Crippen LogP contribution in [0.4, 0.5) is 0 Å². The second kappa shape index (κ2) is 15.2. The molecule has 0 spiro atoms. The van der Waals surface area contributed by atoms with E-state index in [-0.39, 0.29) is 50.2 Å². The number of hydrogen-bond acceptors (Lipinski definition) is 5. The molecular formula is C37H57CuN3O2. The van der Waals surface area contributed by atoms with Crippen LogP contribution in [0, 0.1) is 0 Å². The first-order chi connectivity index (χ1) is 19.1. The van der Waals surface area contributed by atoms with Crippen LogP contribution in [0.25, 0.3) is 0 Å². The molecule has 6 heteroatoms. The Kier molecular flexibility index (Phi) is 13.8. The predicted octanol–water partition coefficient (Wildman–Crippen LogP) is 7.27. The summed E-state index contributed by atoms with van der Waals surface area (Å²) in [6, 6.07) is 8.16. The molecule has 0 saturated carbocycles. The Morgan fingerprint density at radius 3 is 1.19 bits per heavy atom. The number of hydrogen-bond donors (Lipinski definition) is 0. The Morgan fingerprint density at radius 1 is 0.581 bits per heavy atom. The summed E-state index contributed by atoms with van der Waals surface area (Å²) >= 11 is 0. The molecule has 43 heavy (non-hydrogen) atoms. The molecule has 0 aliphatic heterocycles. The Hall–Kier alpha value is -2.14. The van der Waals surface area contributed by atoms with Crippen molar-refractivity contribution in [1.29, 1.82) is 0 Å².